The van der Waals surface area contributed by atoms with Gasteiger partial charge in [-0.3, -0.25) is 0 Å². The van der Waals surface area contributed by atoms with Crippen molar-refractivity contribution in [1.82, 2.24) is 9.97 Å². The highest BCUT2D eigenvalue weighted by Crippen LogP contribution is 2.31. The summed E-state index contributed by atoms with van der Waals surface area (Å²) >= 11 is 7.44. The van der Waals surface area contributed by atoms with E-state index < -0.39 is 0 Å². The molecule has 1 N–H and O–H groups in total. The quantitative estimate of drug-likeness (QED) is 0.808. The van der Waals surface area contributed by atoms with E-state index in [1.165, 1.54) is 36.9 Å². The fourth-order valence-corrected chi connectivity index (χ4v) is 4.35. The highest BCUT2D eigenvalue weighted by Gasteiger charge is 2.16. The summed E-state index contributed by atoms with van der Waals surface area (Å²) in [4.78, 5) is 7.98. The molecule has 0 amide bonds. The summed E-state index contributed by atoms with van der Waals surface area (Å²) in [5.41, 5.74) is 2.38. The highest BCUT2D eigenvalue weighted by atomic mass is 32.2. The standard InChI is InChI=1S/C14H22N2S2/c1-9(2)13-10(3)15-12(16-14(13)17)8-18-11-6-4-5-7-11/h9,11H,4-8H2,1-3H3,(H,15,16,17). The third-order valence-electron chi connectivity index (χ3n) is 3.54. The summed E-state index contributed by atoms with van der Waals surface area (Å²) in [5.74, 6) is 2.45. The Balaban J connectivity index is 2.07. The third-order valence-corrected chi connectivity index (χ3v) is 5.23. The van der Waals surface area contributed by atoms with Crippen LogP contribution in [0.1, 0.15) is 62.5 Å². The van der Waals surface area contributed by atoms with Crippen LogP contribution in [0.3, 0.4) is 0 Å². The lowest BCUT2D eigenvalue weighted by Crippen LogP contribution is -2.05. The minimum atomic E-state index is 0.442. The van der Waals surface area contributed by atoms with Crippen molar-refractivity contribution >= 4 is 24.0 Å². The van der Waals surface area contributed by atoms with E-state index in [1.54, 1.807) is 0 Å². The fraction of sp³-hybridized carbons (Fsp3) is 0.714. The van der Waals surface area contributed by atoms with Crippen molar-refractivity contribution in [2.24, 2.45) is 0 Å². The molecule has 1 aliphatic rings. The van der Waals surface area contributed by atoms with Crippen LogP contribution in [0.2, 0.25) is 0 Å². The van der Waals surface area contributed by atoms with Crippen molar-refractivity contribution in [2.45, 2.75) is 63.4 Å². The maximum atomic E-state index is 5.41. The summed E-state index contributed by atoms with van der Waals surface area (Å²) in [5, 5.41) is 0.832. The average Bonchev–Trinajstić information content (AvgIpc) is 2.77. The molecule has 0 aromatic carbocycles. The maximum absolute atomic E-state index is 5.41. The van der Waals surface area contributed by atoms with Crippen LogP contribution in [0.4, 0.5) is 0 Å². The maximum Gasteiger partial charge on any atom is 0.133 e. The van der Waals surface area contributed by atoms with Crippen LogP contribution in [-0.2, 0) is 5.75 Å². The molecule has 1 aliphatic carbocycles. The van der Waals surface area contributed by atoms with Gasteiger partial charge in [0.2, 0.25) is 0 Å². The van der Waals surface area contributed by atoms with E-state index in [1.807, 2.05) is 11.8 Å². The molecule has 0 spiro atoms. The Morgan fingerprint density at radius 1 is 1.39 bits per heavy atom. The molecule has 18 heavy (non-hydrogen) atoms. The monoisotopic (exact) mass is 282 g/mol. The van der Waals surface area contributed by atoms with Crippen LogP contribution in [0.25, 0.3) is 0 Å². The topological polar surface area (TPSA) is 28.7 Å². The zero-order valence-corrected chi connectivity index (χ0v) is 13.1. The molecule has 0 unspecified atom stereocenters. The van der Waals surface area contributed by atoms with E-state index >= 15 is 0 Å². The van der Waals surface area contributed by atoms with E-state index in [-0.39, 0.29) is 0 Å². The molecule has 100 valence electrons. The molecule has 1 aromatic heterocycles. The van der Waals surface area contributed by atoms with E-state index in [9.17, 15) is 0 Å². The van der Waals surface area contributed by atoms with Crippen LogP contribution in [0, 0.1) is 11.6 Å². The molecule has 1 fully saturated rings. The summed E-state index contributed by atoms with van der Waals surface area (Å²) in [7, 11) is 0. The molecule has 0 radical (unpaired) electrons. The largest absolute Gasteiger partial charge is 0.346 e. The molecule has 0 aliphatic heterocycles. The highest BCUT2D eigenvalue weighted by molar-refractivity contribution is 7.99. The summed E-state index contributed by atoms with van der Waals surface area (Å²) in [6.07, 6.45) is 5.53. The van der Waals surface area contributed by atoms with E-state index in [0.717, 1.165) is 21.5 Å². The molecule has 1 aromatic rings. The Bertz CT molecular complexity index is 459. The van der Waals surface area contributed by atoms with Gasteiger partial charge in [0.25, 0.3) is 0 Å². The van der Waals surface area contributed by atoms with Crippen LogP contribution in [0.15, 0.2) is 0 Å². The minimum Gasteiger partial charge on any atom is -0.346 e. The third kappa shape index (κ3) is 3.35. The van der Waals surface area contributed by atoms with Gasteiger partial charge in [-0.05, 0) is 25.7 Å². The van der Waals surface area contributed by atoms with Crippen molar-refractivity contribution in [3.63, 3.8) is 0 Å². The molecule has 0 bridgehead atoms. The van der Waals surface area contributed by atoms with Crippen molar-refractivity contribution in [2.75, 3.05) is 0 Å². The summed E-state index contributed by atoms with van der Waals surface area (Å²) in [6.45, 7) is 6.44. The van der Waals surface area contributed by atoms with Gasteiger partial charge in [-0.1, -0.05) is 38.9 Å². The van der Waals surface area contributed by atoms with Crippen LogP contribution in [-0.4, -0.2) is 15.2 Å². The first kappa shape index (κ1) is 14.1. The molecule has 2 nitrogen and oxygen atoms in total. The summed E-state index contributed by atoms with van der Waals surface area (Å²) < 4.78 is 0.781. The molecular weight excluding hydrogens is 260 g/mol. The van der Waals surface area contributed by atoms with Gasteiger partial charge >= 0.3 is 0 Å². The zero-order valence-electron chi connectivity index (χ0n) is 11.5. The second-order valence-electron chi connectivity index (χ2n) is 5.40. The number of aryl methyl sites for hydroxylation is 1. The molecule has 0 saturated heterocycles. The number of rotatable bonds is 4. The number of H-pyrrole nitrogens is 1. The first-order chi connectivity index (χ1) is 8.58. The molecule has 1 heterocycles. The van der Waals surface area contributed by atoms with Gasteiger partial charge in [0.1, 0.15) is 10.5 Å². The predicted molar refractivity (Wildman–Crippen MR) is 81.8 cm³/mol. The number of aromatic amines is 1. The van der Waals surface area contributed by atoms with Crippen LogP contribution < -0.4 is 0 Å². The van der Waals surface area contributed by atoms with Crippen molar-refractivity contribution < 1.29 is 0 Å². The molecule has 1 saturated carbocycles. The predicted octanol–water partition coefficient (Wildman–Crippen LogP) is 4.75. The number of nitrogens with zero attached hydrogens (tertiary/aromatic N) is 1. The summed E-state index contributed by atoms with van der Waals surface area (Å²) in [6, 6.07) is 0. The Hall–Kier alpha value is -0.350. The Morgan fingerprint density at radius 3 is 2.61 bits per heavy atom. The Kier molecular flexibility index (Phi) is 4.84. The van der Waals surface area contributed by atoms with E-state index in [2.05, 4.69) is 30.7 Å². The van der Waals surface area contributed by atoms with Crippen molar-refractivity contribution in [3.8, 4) is 0 Å². The van der Waals surface area contributed by atoms with Gasteiger partial charge in [-0.15, -0.1) is 0 Å². The fourth-order valence-electron chi connectivity index (χ4n) is 2.66. The smallest absolute Gasteiger partial charge is 0.133 e. The first-order valence-electron chi connectivity index (χ1n) is 6.79. The molecule has 2 rings (SSSR count). The van der Waals surface area contributed by atoms with Gasteiger partial charge in [0, 0.05) is 16.5 Å². The number of hydrogen-bond donors (Lipinski definition) is 1. The Morgan fingerprint density at radius 2 is 2.06 bits per heavy atom. The van der Waals surface area contributed by atoms with E-state index in [0.29, 0.717) is 5.92 Å². The van der Waals surface area contributed by atoms with Crippen LogP contribution in [0.5, 0.6) is 0 Å². The normalized spacial score (nSPS) is 16.7. The van der Waals surface area contributed by atoms with Gasteiger partial charge in [0.15, 0.2) is 0 Å². The number of aromatic nitrogens is 2. The number of nitrogens with one attached hydrogen (secondary N) is 1. The first-order valence-corrected chi connectivity index (χ1v) is 8.25. The van der Waals surface area contributed by atoms with Gasteiger partial charge in [-0.25, -0.2) is 4.98 Å². The van der Waals surface area contributed by atoms with Crippen molar-refractivity contribution in [3.05, 3.63) is 21.7 Å². The molecule has 0 atom stereocenters. The van der Waals surface area contributed by atoms with Gasteiger partial charge in [0.05, 0.1) is 5.75 Å². The molecule has 4 heteroatoms. The lowest BCUT2D eigenvalue weighted by atomic mass is 10.0. The second kappa shape index (κ2) is 6.20. The van der Waals surface area contributed by atoms with Gasteiger partial charge < -0.3 is 4.98 Å². The number of thioether (sulfide) groups is 1. The van der Waals surface area contributed by atoms with Gasteiger partial charge in [-0.2, -0.15) is 11.8 Å². The minimum absolute atomic E-state index is 0.442. The Labute approximate surface area is 119 Å². The van der Waals surface area contributed by atoms with E-state index in [4.69, 9.17) is 12.2 Å². The average molecular weight is 282 g/mol. The number of hydrogen-bond acceptors (Lipinski definition) is 3. The lowest BCUT2D eigenvalue weighted by molar-refractivity contribution is 0.809. The van der Waals surface area contributed by atoms with Crippen molar-refractivity contribution in [1.29, 1.82) is 0 Å². The SMILES string of the molecule is Cc1[nH]c(CSC2CCCC2)nc(=S)c1C(C)C. The van der Waals surface area contributed by atoms with Crippen LogP contribution >= 0.6 is 24.0 Å². The second-order valence-corrected chi connectivity index (χ2v) is 7.07. The zero-order chi connectivity index (χ0) is 13.1. The lowest BCUT2D eigenvalue weighted by Gasteiger charge is -2.13. The molecular formula is C14H22N2S2.